The summed E-state index contributed by atoms with van der Waals surface area (Å²) in [6, 6.07) is 11.9. The van der Waals surface area contributed by atoms with E-state index in [0.717, 1.165) is 16.7 Å². The lowest BCUT2D eigenvalue weighted by Crippen LogP contribution is -2.12. The number of carbonyl (C=O) groups is 1. The van der Waals surface area contributed by atoms with Crippen LogP contribution < -0.4 is 10.0 Å². The van der Waals surface area contributed by atoms with Crippen LogP contribution in [0.25, 0.3) is 10.2 Å². The van der Waals surface area contributed by atoms with Crippen molar-refractivity contribution in [2.24, 2.45) is 0 Å². The summed E-state index contributed by atoms with van der Waals surface area (Å²) >= 11 is 1.30. The molecule has 0 aliphatic heterocycles. The molecule has 0 spiro atoms. The molecule has 2 N–H and O–H groups in total. The van der Waals surface area contributed by atoms with Gasteiger partial charge in [0.2, 0.25) is 5.91 Å². The number of hydrogen-bond acceptors (Lipinski definition) is 5. The van der Waals surface area contributed by atoms with E-state index in [9.17, 15) is 13.2 Å². The highest BCUT2D eigenvalue weighted by Gasteiger charge is 2.15. The average Bonchev–Trinajstić information content (AvgIpc) is 3.02. The quantitative estimate of drug-likeness (QED) is 0.667. The summed E-state index contributed by atoms with van der Waals surface area (Å²) in [5, 5.41) is 3.22. The molecule has 0 aliphatic rings. The van der Waals surface area contributed by atoms with E-state index in [1.54, 1.807) is 37.3 Å². The third-order valence-corrected chi connectivity index (χ3v) is 6.18. The van der Waals surface area contributed by atoms with Gasteiger partial charge in [-0.1, -0.05) is 37.3 Å². The molecule has 0 atom stereocenters. The molecule has 3 aromatic rings. The molecule has 0 radical (unpaired) electrons. The number of nitrogens with one attached hydrogen (secondary N) is 2. The molecule has 26 heavy (non-hydrogen) atoms. The Bertz CT molecular complexity index is 1040. The lowest BCUT2D eigenvalue weighted by molar-refractivity contribution is -0.115. The number of carbonyl (C=O) groups excluding carboxylic acids is 1. The van der Waals surface area contributed by atoms with Crippen LogP contribution in [-0.4, -0.2) is 19.3 Å². The lowest BCUT2D eigenvalue weighted by atomic mass is 10.2. The second kappa shape index (κ2) is 7.43. The molecule has 8 heteroatoms. The zero-order valence-corrected chi connectivity index (χ0v) is 16.1. The van der Waals surface area contributed by atoms with Crippen molar-refractivity contribution in [1.29, 1.82) is 0 Å². The first-order valence-corrected chi connectivity index (χ1v) is 10.5. The second-order valence-corrected chi connectivity index (χ2v) is 8.42. The Labute approximate surface area is 156 Å². The third-order valence-electron chi connectivity index (χ3n) is 3.85. The van der Waals surface area contributed by atoms with Gasteiger partial charge in [-0.15, -0.1) is 0 Å². The Balaban J connectivity index is 1.84. The van der Waals surface area contributed by atoms with E-state index in [4.69, 9.17) is 0 Å². The van der Waals surface area contributed by atoms with Gasteiger partial charge in [0.1, 0.15) is 0 Å². The van der Waals surface area contributed by atoms with Crippen molar-refractivity contribution in [2.75, 3.05) is 10.0 Å². The monoisotopic (exact) mass is 389 g/mol. The largest absolute Gasteiger partial charge is 0.302 e. The third kappa shape index (κ3) is 4.03. The molecule has 1 aromatic heterocycles. The summed E-state index contributed by atoms with van der Waals surface area (Å²) in [6.07, 6.45) is 1.23. The minimum Gasteiger partial charge on any atom is -0.302 e. The van der Waals surface area contributed by atoms with Crippen LogP contribution in [0.3, 0.4) is 0 Å². The van der Waals surface area contributed by atoms with E-state index in [-0.39, 0.29) is 10.8 Å². The molecule has 0 unspecified atom stereocenters. The summed E-state index contributed by atoms with van der Waals surface area (Å²) in [6.45, 7) is 3.78. The number of fused-ring (bicyclic) bond motifs is 1. The number of nitrogens with zero attached hydrogens (tertiary/aromatic N) is 1. The Morgan fingerprint density at radius 2 is 1.85 bits per heavy atom. The van der Waals surface area contributed by atoms with Crippen molar-refractivity contribution in [1.82, 2.24) is 4.98 Å². The summed E-state index contributed by atoms with van der Waals surface area (Å²) in [4.78, 5) is 16.0. The number of anilines is 2. The smallest absolute Gasteiger partial charge is 0.261 e. The highest BCUT2D eigenvalue weighted by molar-refractivity contribution is 7.92. The molecule has 3 rings (SSSR count). The van der Waals surface area contributed by atoms with E-state index >= 15 is 0 Å². The molecule has 1 amide bonds. The van der Waals surface area contributed by atoms with E-state index in [0.29, 0.717) is 22.8 Å². The summed E-state index contributed by atoms with van der Waals surface area (Å²) < 4.78 is 28.5. The first kappa shape index (κ1) is 18.3. The van der Waals surface area contributed by atoms with Crippen molar-refractivity contribution in [3.05, 3.63) is 48.0 Å². The van der Waals surface area contributed by atoms with Crippen molar-refractivity contribution in [3.8, 4) is 0 Å². The summed E-state index contributed by atoms with van der Waals surface area (Å²) in [5.74, 6) is -0.111. The van der Waals surface area contributed by atoms with Crippen LogP contribution in [0.5, 0.6) is 0 Å². The molecule has 2 aromatic carbocycles. The van der Waals surface area contributed by atoms with Crippen LogP contribution in [0.15, 0.2) is 47.4 Å². The normalized spacial score (nSPS) is 11.5. The first-order chi connectivity index (χ1) is 12.4. The highest BCUT2D eigenvalue weighted by atomic mass is 32.2. The Morgan fingerprint density at radius 1 is 1.12 bits per heavy atom. The second-order valence-electron chi connectivity index (χ2n) is 5.71. The van der Waals surface area contributed by atoms with Crippen LogP contribution in [0.1, 0.15) is 25.8 Å². The number of benzene rings is 2. The van der Waals surface area contributed by atoms with E-state index in [1.807, 2.05) is 19.1 Å². The van der Waals surface area contributed by atoms with E-state index in [1.165, 1.54) is 11.3 Å². The Hall–Kier alpha value is -2.45. The minimum absolute atomic E-state index is 0.111. The molecule has 6 nitrogen and oxygen atoms in total. The number of rotatable bonds is 6. The maximum Gasteiger partial charge on any atom is 0.261 e. The van der Waals surface area contributed by atoms with Crippen molar-refractivity contribution in [3.63, 3.8) is 0 Å². The van der Waals surface area contributed by atoms with Gasteiger partial charge >= 0.3 is 0 Å². The Kier molecular flexibility index (Phi) is 5.24. The molecule has 0 bridgehead atoms. The van der Waals surface area contributed by atoms with Gasteiger partial charge < -0.3 is 5.32 Å². The van der Waals surface area contributed by atoms with Crippen LogP contribution in [-0.2, 0) is 21.2 Å². The molecule has 0 fully saturated rings. The fourth-order valence-electron chi connectivity index (χ4n) is 2.37. The fraction of sp³-hybridized carbons (Fsp3) is 0.222. The van der Waals surface area contributed by atoms with Crippen LogP contribution >= 0.6 is 11.3 Å². The van der Waals surface area contributed by atoms with Gasteiger partial charge in [0.05, 0.1) is 20.8 Å². The van der Waals surface area contributed by atoms with E-state index < -0.39 is 10.0 Å². The maximum absolute atomic E-state index is 12.5. The zero-order chi connectivity index (χ0) is 18.7. The summed E-state index contributed by atoms with van der Waals surface area (Å²) in [7, 11) is -3.66. The van der Waals surface area contributed by atoms with Crippen molar-refractivity contribution >= 4 is 48.3 Å². The molecular weight excluding hydrogens is 370 g/mol. The fourth-order valence-corrected chi connectivity index (χ4v) is 4.34. The zero-order valence-electron chi connectivity index (χ0n) is 14.4. The number of sulfonamides is 1. The van der Waals surface area contributed by atoms with Crippen molar-refractivity contribution < 1.29 is 13.2 Å². The van der Waals surface area contributed by atoms with Gasteiger partial charge in [-0.2, -0.15) is 0 Å². The topological polar surface area (TPSA) is 88.2 Å². The maximum atomic E-state index is 12.5. The predicted molar refractivity (Wildman–Crippen MR) is 105 cm³/mol. The number of amides is 1. The molecule has 0 aliphatic carbocycles. The first-order valence-electron chi connectivity index (χ1n) is 8.23. The van der Waals surface area contributed by atoms with Gasteiger partial charge in [0.15, 0.2) is 5.13 Å². The standard InChI is InChI=1S/C18H19N3O3S2/c1-3-12-5-8-14(9-6-12)26(23,24)21-13-7-10-15-16(11-13)25-18(19-15)20-17(22)4-2/h5-11,21H,3-4H2,1-2H3,(H,19,20,22). The average molecular weight is 390 g/mol. The van der Waals surface area contributed by atoms with Crippen LogP contribution in [0.2, 0.25) is 0 Å². The van der Waals surface area contributed by atoms with E-state index in [2.05, 4.69) is 15.0 Å². The Morgan fingerprint density at radius 3 is 2.50 bits per heavy atom. The molecule has 0 saturated carbocycles. The minimum atomic E-state index is -3.66. The van der Waals surface area contributed by atoms with Gasteiger partial charge in [0, 0.05) is 6.42 Å². The highest BCUT2D eigenvalue weighted by Crippen LogP contribution is 2.29. The predicted octanol–water partition coefficient (Wildman–Crippen LogP) is 4.01. The van der Waals surface area contributed by atoms with Crippen LogP contribution in [0, 0.1) is 0 Å². The molecule has 0 saturated heterocycles. The van der Waals surface area contributed by atoms with Crippen molar-refractivity contribution in [2.45, 2.75) is 31.6 Å². The van der Waals surface area contributed by atoms with Gasteiger partial charge in [-0.25, -0.2) is 13.4 Å². The molecule has 1 heterocycles. The molecule has 136 valence electrons. The number of aryl methyl sites for hydroxylation is 1. The number of aromatic nitrogens is 1. The number of thiazole rings is 1. The van der Waals surface area contributed by atoms with Crippen LogP contribution in [0.4, 0.5) is 10.8 Å². The summed E-state index contributed by atoms with van der Waals surface area (Å²) in [5.41, 5.74) is 2.24. The van der Waals surface area contributed by atoms with Gasteiger partial charge in [-0.3, -0.25) is 9.52 Å². The molecular formula is C18H19N3O3S2. The lowest BCUT2D eigenvalue weighted by Gasteiger charge is -2.08. The van der Waals surface area contributed by atoms with Gasteiger partial charge in [-0.05, 0) is 42.3 Å². The SMILES string of the molecule is CCC(=O)Nc1nc2ccc(NS(=O)(=O)c3ccc(CC)cc3)cc2s1. The van der Waals surface area contributed by atoms with Gasteiger partial charge in [0.25, 0.3) is 10.0 Å². The number of hydrogen-bond donors (Lipinski definition) is 2.